The summed E-state index contributed by atoms with van der Waals surface area (Å²) in [5.41, 5.74) is 1.27. The maximum atomic E-state index is 13.6. The Kier molecular flexibility index (Phi) is 4.02. The maximum absolute atomic E-state index is 13.6. The molecule has 1 aromatic carbocycles. The maximum Gasteiger partial charge on any atom is 0.184 e. The number of fused-ring (bicyclic) bond motifs is 1. The fourth-order valence-corrected chi connectivity index (χ4v) is 1.96. The summed E-state index contributed by atoms with van der Waals surface area (Å²) in [4.78, 5) is 0. The number of nitrogens with one attached hydrogen (secondary N) is 1. The van der Waals surface area contributed by atoms with Crippen molar-refractivity contribution in [1.29, 1.82) is 0 Å². The van der Waals surface area contributed by atoms with E-state index < -0.39 is 5.82 Å². The molecule has 0 unspecified atom stereocenters. The third-order valence-corrected chi connectivity index (χ3v) is 3.00. The van der Waals surface area contributed by atoms with E-state index in [4.69, 9.17) is 16.0 Å². The summed E-state index contributed by atoms with van der Waals surface area (Å²) < 4.78 is 18.8. The van der Waals surface area contributed by atoms with Crippen LogP contribution in [0.2, 0.25) is 5.02 Å². The van der Waals surface area contributed by atoms with E-state index in [2.05, 4.69) is 12.2 Å². The van der Waals surface area contributed by atoms with Crippen LogP contribution < -0.4 is 5.32 Å². The Morgan fingerprint density at radius 2 is 2.18 bits per heavy atom. The van der Waals surface area contributed by atoms with Gasteiger partial charge in [0.05, 0.1) is 11.3 Å². The van der Waals surface area contributed by atoms with Crippen LogP contribution in [0.4, 0.5) is 4.39 Å². The molecule has 1 N–H and O–H groups in total. The highest BCUT2D eigenvalue weighted by molar-refractivity contribution is 6.31. The molecule has 0 aliphatic carbocycles. The third-order valence-electron chi connectivity index (χ3n) is 2.71. The van der Waals surface area contributed by atoms with E-state index in [1.165, 1.54) is 0 Å². The zero-order chi connectivity index (χ0) is 12.3. The Hall–Kier alpha value is -1.06. The van der Waals surface area contributed by atoms with E-state index in [0.717, 1.165) is 36.9 Å². The minimum absolute atomic E-state index is 0.0995. The minimum Gasteiger partial charge on any atom is -0.461 e. The van der Waals surface area contributed by atoms with Gasteiger partial charge in [-0.25, -0.2) is 4.39 Å². The molecule has 0 spiro atoms. The average Bonchev–Trinajstić information content (AvgIpc) is 2.73. The largest absolute Gasteiger partial charge is 0.461 e. The van der Waals surface area contributed by atoms with Crippen LogP contribution in [-0.2, 0) is 6.42 Å². The lowest BCUT2D eigenvalue weighted by atomic mass is 10.1. The van der Waals surface area contributed by atoms with Gasteiger partial charge in [0, 0.05) is 5.39 Å². The van der Waals surface area contributed by atoms with Gasteiger partial charge in [-0.1, -0.05) is 18.5 Å². The monoisotopic (exact) mass is 255 g/mol. The molecular formula is C13H15ClFNO. The molecule has 17 heavy (non-hydrogen) atoms. The summed E-state index contributed by atoms with van der Waals surface area (Å²) in [5.74, 6) is -0.475. The zero-order valence-corrected chi connectivity index (χ0v) is 10.5. The first-order valence-corrected chi connectivity index (χ1v) is 6.16. The van der Waals surface area contributed by atoms with Crippen molar-refractivity contribution >= 4 is 22.6 Å². The Bertz CT molecular complexity index is 509. The number of halogens is 2. The van der Waals surface area contributed by atoms with Gasteiger partial charge < -0.3 is 9.73 Å². The second-order valence-electron chi connectivity index (χ2n) is 4.00. The van der Waals surface area contributed by atoms with Crippen molar-refractivity contribution in [1.82, 2.24) is 5.32 Å². The quantitative estimate of drug-likeness (QED) is 0.823. The first-order valence-electron chi connectivity index (χ1n) is 5.78. The van der Waals surface area contributed by atoms with E-state index in [-0.39, 0.29) is 10.6 Å². The standard InChI is InChI=1S/C13H15ClFNO/c1-2-6-16-7-5-9-8-17-13-10(9)3-4-11(14)12(13)15/h3-4,8,16H,2,5-7H2,1H3. The molecule has 2 nitrogen and oxygen atoms in total. The molecule has 0 bridgehead atoms. The van der Waals surface area contributed by atoms with Crippen LogP contribution in [0.1, 0.15) is 18.9 Å². The van der Waals surface area contributed by atoms with Gasteiger partial charge in [-0.05, 0) is 43.6 Å². The van der Waals surface area contributed by atoms with Crippen LogP contribution in [0.25, 0.3) is 11.0 Å². The fraction of sp³-hybridized carbons (Fsp3) is 0.385. The number of hydrogen-bond acceptors (Lipinski definition) is 2. The number of furan rings is 1. The van der Waals surface area contributed by atoms with Gasteiger partial charge in [-0.2, -0.15) is 0 Å². The van der Waals surface area contributed by atoms with Crippen LogP contribution in [-0.4, -0.2) is 13.1 Å². The molecule has 2 rings (SSSR count). The second-order valence-corrected chi connectivity index (χ2v) is 4.41. The van der Waals surface area contributed by atoms with Crippen molar-refractivity contribution in [2.75, 3.05) is 13.1 Å². The number of hydrogen-bond donors (Lipinski definition) is 1. The minimum atomic E-state index is -0.475. The van der Waals surface area contributed by atoms with Crippen molar-refractivity contribution in [2.24, 2.45) is 0 Å². The van der Waals surface area contributed by atoms with Gasteiger partial charge in [0.1, 0.15) is 0 Å². The fourth-order valence-electron chi connectivity index (χ4n) is 1.81. The highest BCUT2D eigenvalue weighted by Crippen LogP contribution is 2.28. The van der Waals surface area contributed by atoms with Gasteiger partial charge in [0.2, 0.25) is 0 Å². The molecule has 0 fully saturated rings. The average molecular weight is 256 g/mol. The lowest BCUT2D eigenvalue weighted by Crippen LogP contribution is -2.17. The molecule has 2 aromatic rings. The summed E-state index contributed by atoms with van der Waals surface area (Å²) in [6.45, 7) is 3.99. The zero-order valence-electron chi connectivity index (χ0n) is 9.72. The molecule has 92 valence electrons. The molecule has 0 saturated carbocycles. The molecule has 0 radical (unpaired) electrons. The molecule has 1 aromatic heterocycles. The molecular weight excluding hydrogens is 241 g/mol. The Morgan fingerprint density at radius 3 is 2.94 bits per heavy atom. The smallest absolute Gasteiger partial charge is 0.184 e. The molecule has 0 aliphatic heterocycles. The summed E-state index contributed by atoms with van der Waals surface area (Å²) in [6, 6.07) is 3.37. The van der Waals surface area contributed by atoms with Gasteiger partial charge >= 0.3 is 0 Å². The van der Waals surface area contributed by atoms with E-state index >= 15 is 0 Å². The van der Waals surface area contributed by atoms with E-state index in [9.17, 15) is 4.39 Å². The van der Waals surface area contributed by atoms with Crippen molar-refractivity contribution in [3.63, 3.8) is 0 Å². The summed E-state index contributed by atoms with van der Waals surface area (Å²) in [7, 11) is 0. The van der Waals surface area contributed by atoms with Crippen molar-refractivity contribution in [3.05, 3.63) is 34.8 Å². The predicted molar refractivity (Wildman–Crippen MR) is 68.0 cm³/mol. The lowest BCUT2D eigenvalue weighted by molar-refractivity contribution is 0.557. The first kappa shape index (κ1) is 12.4. The molecule has 0 aliphatic rings. The highest BCUT2D eigenvalue weighted by Gasteiger charge is 2.12. The van der Waals surface area contributed by atoms with E-state index in [0.29, 0.717) is 0 Å². The Morgan fingerprint density at radius 1 is 1.35 bits per heavy atom. The molecule has 0 amide bonds. The van der Waals surface area contributed by atoms with E-state index in [1.807, 2.05) is 0 Å². The van der Waals surface area contributed by atoms with Crippen LogP contribution in [0.15, 0.2) is 22.8 Å². The van der Waals surface area contributed by atoms with Crippen molar-refractivity contribution < 1.29 is 8.81 Å². The predicted octanol–water partition coefficient (Wildman–Crippen LogP) is 3.77. The van der Waals surface area contributed by atoms with Crippen molar-refractivity contribution in [3.8, 4) is 0 Å². The summed E-state index contributed by atoms with van der Waals surface area (Å²) in [6.07, 6.45) is 3.54. The Balaban J connectivity index is 2.16. The lowest BCUT2D eigenvalue weighted by Gasteiger charge is -2.01. The van der Waals surface area contributed by atoms with E-state index in [1.54, 1.807) is 18.4 Å². The SMILES string of the molecule is CCCNCCc1coc2c(F)c(Cl)ccc12. The van der Waals surface area contributed by atoms with Crippen LogP contribution in [0, 0.1) is 5.82 Å². The molecule has 0 atom stereocenters. The molecule has 1 heterocycles. The Labute approximate surface area is 105 Å². The second kappa shape index (κ2) is 5.52. The summed E-state index contributed by atoms with van der Waals surface area (Å²) >= 11 is 5.70. The number of rotatable bonds is 5. The van der Waals surface area contributed by atoms with Crippen LogP contribution >= 0.6 is 11.6 Å². The normalized spacial score (nSPS) is 11.2. The van der Waals surface area contributed by atoms with Crippen LogP contribution in [0.5, 0.6) is 0 Å². The third kappa shape index (κ3) is 2.61. The van der Waals surface area contributed by atoms with Gasteiger partial charge in [0.15, 0.2) is 11.4 Å². The molecule has 4 heteroatoms. The first-order chi connectivity index (χ1) is 8.24. The van der Waals surface area contributed by atoms with Crippen LogP contribution in [0.3, 0.4) is 0 Å². The van der Waals surface area contributed by atoms with Crippen molar-refractivity contribution in [2.45, 2.75) is 19.8 Å². The topological polar surface area (TPSA) is 25.2 Å². The summed E-state index contributed by atoms with van der Waals surface area (Å²) in [5, 5.41) is 4.21. The molecule has 0 saturated heterocycles. The number of benzene rings is 1. The van der Waals surface area contributed by atoms with Gasteiger partial charge in [0.25, 0.3) is 0 Å². The van der Waals surface area contributed by atoms with Gasteiger partial charge in [-0.3, -0.25) is 0 Å². The van der Waals surface area contributed by atoms with Gasteiger partial charge in [-0.15, -0.1) is 0 Å². The highest BCUT2D eigenvalue weighted by atomic mass is 35.5.